The van der Waals surface area contributed by atoms with E-state index < -0.39 is 12.1 Å². The standard InChI is InChI=1S/C23H25FN4O2/c1-5-17(13(3)7-14(4)20(6-2)28-30)21-8-15-12-26-22(9-16(15)11-25-21)27-23(29)18-10-19(18)24/h5,7-9,11-12,18-19,30H,4,6,10H2,1-3H3,(H,26,27,29)/b13-7-,17-5+,28-20-. The number of hydrogen-bond donors (Lipinski definition) is 2. The Balaban J connectivity index is 1.84. The molecule has 2 aromatic rings. The summed E-state index contributed by atoms with van der Waals surface area (Å²) >= 11 is 0. The number of carbonyl (C=O) groups excluding carboxylic acids is 1. The molecule has 156 valence electrons. The minimum absolute atomic E-state index is 0.277. The van der Waals surface area contributed by atoms with E-state index >= 15 is 0 Å². The number of rotatable bonds is 7. The first kappa shape index (κ1) is 21.4. The molecule has 0 bridgehead atoms. The van der Waals surface area contributed by atoms with Crippen LogP contribution in [0.4, 0.5) is 10.2 Å². The molecule has 2 aromatic heterocycles. The van der Waals surface area contributed by atoms with Crippen LogP contribution in [0.15, 0.2) is 59.6 Å². The van der Waals surface area contributed by atoms with Crippen molar-refractivity contribution in [2.45, 2.75) is 39.8 Å². The molecule has 0 saturated heterocycles. The summed E-state index contributed by atoms with van der Waals surface area (Å²) in [5.41, 5.74) is 3.80. The van der Waals surface area contributed by atoms with Gasteiger partial charge in [0.2, 0.25) is 5.91 Å². The Morgan fingerprint density at radius 1 is 1.37 bits per heavy atom. The largest absolute Gasteiger partial charge is 0.411 e. The lowest BCUT2D eigenvalue weighted by atomic mass is 9.98. The minimum atomic E-state index is -1.04. The van der Waals surface area contributed by atoms with Crippen molar-refractivity contribution in [2.24, 2.45) is 11.1 Å². The number of halogens is 1. The van der Waals surface area contributed by atoms with Crippen LogP contribution in [-0.4, -0.2) is 33.0 Å². The molecule has 1 aliphatic carbocycles. The minimum Gasteiger partial charge on any atom is -0.411 e. The normalized spacial score (nSPS) is 19.7. The van der Waals surface area contributed by atoms with E-state index in [9.17, 15) is 9.18 Å². The number of allylic oxidation sites excluding steroid dienone is 5. The molecule has 1 amide bonds. The molecule has 0 aliphatic heterocycles. The number of oxime groups is 1. The van der Waals surface area contributed by atoms with Crippen LogP contribution in [0.25, 0.3) is 16.3 Å². The fourth-order valence-electron chi connectivity index (χ4n) is 3.27. The van der Waals surface area contributed by atoms with Crippen LogP contribution >= 0.6 is 0 Å². The first-order valence-corrected chi connectivity index (χ1v) is 9.84. The number of aromatic nitrogens is 2. The van der Waals surface area contributed by atoms with Crippen molar-refractivity contribution in [3.05, 3.63) is 60.1 Å². The molecule has 1 fully saturated rings. The van der Waals surface area contributed by atoms with E-state index in [1.54, 1.807) is 18.5 Å². The van der Waals surface area contributed by atoms with Gasteiger partial charge in [0.15, 0.2) is 0 Å². The summed E-state index contributed by atoms with van der Waals surface area (Å²) in [6.07, 6.45) is 7.02. The van der Waals surface area contributed by atoms with Crippen LogP contribution in [-0.2, 0) is 4.79 Å². The number of alkyl halides is 1. The molecule has 2 heterocycles. The van der Waals surface area contributed by atoms with Crippen molar-refractivity contribution < 1.29 is 14.4 Å². The van der Waals surface area contributed by atoms with E-state index in [1.165, 1.54) is 0 Å². The zero-order chi connectivity index (χ0) is 21.8. The van der Waals surface area contributed by atoms with E-state index in [0.29, 0.717) is 23.5 Å². The molecule has 6 nitrogen and oxygen atoms in total. The van der Waals surface area contributed by atoms with Gasteiger partial charge in [0.05, 0.1) is 17.3 Å². The molecule has 0 aromatic carbocycles. The van der Waals surface area contributed by atoms with E-state index in [4.69, 9.17) is 5.21 Å². The van der Waals surface area contributed by atoms with Gasteiger partial charge in [0.1, 0.15) is 12.0 Å². The predicted octanol–water partition coefficient (Wildman–Crippen LogP) is 5.07. The fraction of sp³-hybridized carbons (Fsp3) is 0.304. The van der Waals surface area contributed by atoms with Gasteiger partial charge in [-0.2, -0.15) is 0 Å². The quantitative estimate of drug-likeness (QED) is 0.290. The van der Waals surface area contributed by atoms with Crippen molar-refractivity contribution in [3.63, 3.8) is 0 Å². The summed E-state index contributed by atoms with van der Waals surface area (Å²) in [6.45, 7) is 9.74. The van der Waals surface area contributed by atoms with E-state index in [0.717, 1.165) is 27.6 Å². The Kier molecular flexibility index (Phi) is 6.40. The zero-order valence-electron chi connectivity index (χ0n) is 17.3. The third-order valence-corrected chi connectivity index (χ3v) is 5.11. The number of pyridine rings is 2. The number of anilines is 1. The summed E-state index contributed by atoms with van der Waals surface area (Å²) in [4.78, 5) is 20.7. The second kappa shape index (κ2) is 8.98. The molecular weight excluding hydrogens is 383 g/mol. The number of nitrogens with zero attached hydrogens (tertiary/aromatic N) is 3. The summed E-state index contributed by atoms with van der Waals surface area (Å²) in [7, 11) is 0. The summed E-state index contributed by atoms with van der Waals surface area (Å²) in [5, 5.41) is 16.7. The molecule has 2 unspecified atom stereocenters. The lowest BCUT2D eigenvalue weighted by molar-refractivity contribution is -0.117. The second-order valence-electron chi connectivity index (χ2n) is 7.29. The molecule has 2 N–H and O–H groups in total. The van der Waals surface area contributed by atoms with Crippen molar-refractivity contribution in [1.29, 1.82) is 0 Å². The van der Waals surface area contributed by atoms with Crippen LogP contribution in [0.1, 0.15) is 39.3 Å². The van der Waals surface area contributed by atoms with Gasteiger partial charge in [-0.3, -0.25) is 9.78 Å². The first-order chi connectivity index (χ1) is 14.4. The molecule has 3 rings (SSSR count). The average Bonchev–Trinajstić information content (AvgIpc) is 3.46. The molecule has 1 saturated carbocycles. The molecule has 2 atom stereocenters. The number of fused-ring (bicyclic) bond motifs is 1. The monoisotopic (exact) mass is 408 g/mol. The van der Waals surface area contributed by atoms with Crippen LogP contribution in [0, 0.1) is 5.92 Å². The van der Waals surface area contributed by atoms with E-state index in [1.807, 2.05) is 39.0 Å². The number of carbonyl (C=O) groups is 1. The first-order valence-electron chi connectivity index (χ1n) is 9.84. The molecular formula is C23H25FN4O2. The maximum Gasteiger partial charge on any atom is 0.231 e. The van der Waals surface area contributed by atoms with Gasteiger partial charge < -0.3 is 10.5 Å². The average molecular weight is 408 g/mol. The smallest absolute Gasteiger partial charge is 0.231 e. The molecule has 0 spiro atoms. The van der Waals surface area contributed by atoms with Crippen LogP contribution < -0.4 is 5.32 Å². The Hall–Kier alpha value is -3.35. The number of hydrogen-bond acceptors (Lipinski definition) is 5. The molecule has 30 heavy (non-hydrogen) atoms. The van der Waals surface area contributed by atoms with Crippen LogP contribution in [0.5, 0.6) is 0 Å². The van der Waals surface area contributed by atoms with Gasteiger partial charge in [-0.05, 0) is 55.5 Å². The van der Waals surface area contributed by atoms with Gasteiger partial charge in [-0.15, -0.1) is 0 Å². The maximum atomic E-state index is 13.0. The van der Waals surface area contributed by atoms with Crippen LogP contribution in [0.2, 0.25) is 0 Å². The van der Waals surface area contributed by atoms with Crippen molar-refractivity contribution >= 4 is 33.8 Å². The van der Waals surface area contributed by atoms with Crippen molar-refractivity contribution in [3.8, 4) is 0 Å². The highest BCUT2D eigenvalue weighted by Crippen LogP contribution is 2.34. The highest BCUT2D eigenvalue weighted by Gasteiger charge is 2.43. The summed E-state index contributed by atoms with van der Waals surface area (Å²) in [5.74, 6) is -0.516. The van der Waals surface area contributed by atoms with E-state index in [-0.39, 0.29) is 12.3 Å². The predicted molar refractivity (Wildman–Crippen MR) is 117 cm³/mol. The highest BCUT2D eigenvalue weighted by molar-refractivity contribution is 6.02. The number of amides is 1. The Labute approximate surface area is 174 Å². The molecule has 7 heteroatoms. The SMILES string of the molecule is C=C(/C=C(C)\C(=C/C)c1cc2cnc(NC(=O)C3CC3F)cc2cn1)/C(CC)=N\O. The van der Waals surface area contributed by atoms with Gasteiger partial charge in [-0.25, -0.2) is 9.37 Å². The lowest BCUT2D eigenvalue weighted by Crippen LogP contribution is -2.15. The lowest BCUT2D eigenvalue weighted by Gasteiger charge is -2.11. The van der Waals surface area contributed by atoms with Crippen LogP contribution in [0.3, 0.4) is 0 Å². The van der Waals surface area contributed by atoms with Gasteiger partial charge in [0, 0.05) is 23.2 Å². The topological polar surface area (TPSA) is 87.5 Å². The highest BCUT2D eigenvalue weighted by atomic mass is 19.1. The molecule has 1 aliphatic rings. The van der Waals surface area contributed by atoms with Gasteiger partial charge in [-0.1, -0.05) is 30.8 Å². The summed E-state index contributed by atoms with van der Waals surface area (Å²) in [6, 6.07) is 3.65. The fourth-order valence-corrected chi connectivity index (χ4v) is 3.27. The zero-order valence-corrected chi connectivity index (χ0v) is 17.3. The Morgan fingerprint density at radius 2 is 2.03 bits per heavy atom. The third-order valence-electron chi connectivity index (χ3n) is 5.11. The van der Waals surface area contributed by atoms with Crippen molar-refractivity contribution in [2.75, 3.05) is 5.32 Å². The Morgan fingerprint density at radius 3 is 2.63 bits per heavy atom. The van der Waals surface area contributed by atoms with Crippen molar-refractivity contribution in [1.82, 2.24) is 9.97 Å². The number of nitrogens with one attached hydrogen (secondary N) is 1. The Bertz CT molecular complexity index is 1090. The summed E-state index contributed by atoms with van der Waals surface area (Å²) < 4.78 is 13.0. The molecule has 0 radical (unpaired) electrons. The second-order valence-corrected chi connectivity index (χ2v) is 7.29. The van der Waals surface area contributed by atoms with Gasteiger partial charge in [0.25, 0.3) is 0 Å². The third kappa shape index (κ3) is 4.62. The van der Waals surface area contributed by atoms with E-state index in [2.05, 4.69) is 27.0 Å². The van der Waals surface area contributed by atoms with Gasteiger partial charge >= 0.3 is 0 Å². The maximum absolute atomic E-state index is 13.0.